The summed E-state index contributed by atoms with van der Waals surface area (Å²) in [4.78, 5) is 4.89. The number of hydrogen-bond donors (Lipinski definition) is 4. The molecule has 4 rings (SSSR count). The van der Waals surface area contributed by atoms with Gasteiger partial charge in [-0.25, -0.2) is 0 Å². The van der Waals surface area contributed by atoms with Crippen molar-refractivity contribution in [1.82, 2.24) is 26.3 Å². The maximum atomic E-state index is 4.89. The lowest BCUT2D eigenvalue weighted by molar-refractivity contribution is 0.266. The Balaban J connectivity index is 1.47. The van der Waals surface area contributed by atoms with Gasteiger partial charge in [-0.05, 0) is 37.8 Å². The van der Waals surface area contributed by atoms with Crippen LogP contribution in [0.15, 0.2) is 18.2 Å². The minimum absolute atomic E-state index is 0.569. The summed E-state index contributed by atoms with van der Waals surface area (Å²) in [5, 5.41) is 15.2. The van der Waals surface area contributed by atoms with Crippen molar-refractivity contribution in [3.63, 3.8) is 0 Å². The molecule has 2 bridgehead atoms. The lowest BCUT2D eigenvalue weighted by atomic mass is 9.89. The van der Waals surface area contributed by atoms with E-state index in [0.717, 1.165) is 26.2 Å². The first-order chi connectivity index (χ1) is 12.9. The molecule has 2 saturated carbocycles. The van der Waals surface area contributed by atoms with E-state index in [-0.39, 0.29) is 0 Å². The molecule has 2 aliphatic carbocycles. The molecule has 4 N–H and O–H groups in total. The Bertz CT molecular complexity index is 518. The van der Waals surface area contributed by atoms with Gasteiger partial charge < -0.3 is 21.3 Å². The molecule has 0 radical (unpaired) electrons. The molecule has 2 fully saturated rings. The second-order valence-electron chi connectivity index (χ2n) is 8.29. The minimum atomic E-state index is 0.569. The van der Waals surface area contributed by atoms with Crippen molar-refractivity contribution in [2.24, 2.45) is 0 Å². The van der Waals surface area contributed by atoms with Gasteiger partial charge in [0.25, 0.3) is 0 Å². The molecule has 0 amide bonds. The molecule has 3 aliphatic rings. The van der Waals surface area contributed by atoms with Crippen LogP contribution in [0.25, 0.3) is 0 Å². The molecule has 1 aromatic rings. The fraction of sp³-hybridized carbons (Fsp3) is 0.762. The van der Waals surface area contributed by atoms with Crippen LogP contribution in [0.1, 0.15) is 62.8 Å². The zero-order valence-corrected chi connectivity index (χ0v) is 16.0. The van der Waals surface area contributed by atoms with Crippen molar-refractivity contribution in [1.29, 1.82) is 0 Å². The molecule has 4 atom stereocenters. The molecule has 1 aliphatic heterocycles. The summed E-state index contributed by atoms with van der Waals surface area (Å²) >= 11 is 0. The molecule has 0 unspecified atom stereocenters. The molecule has 144 valence electrons. The van der Waals surface area contributed by atoms with E-state index in [1.807, 2.05) is 0 Å². The summed E-state index contributed by atoms with van der Waals surface area (Å²) < 4.78 is 0. The number of hydrogen-bond acceptors (Lipinski definition) is 5. The predicted molar refractivity (Wildman–Crippen MR) is 106 cm³/mol. The van der Waals surface area contributed by atoms with E-state index in [9.17, 15) is 0 Å². The lowest BCUT2D eigenvalue weighted by Gasteiger charge is -2.34. The van der Waals surface area contributed by atoms with Crippen LogP contribution in [0.5, 0.6) is 0 Å². The van der Waals surface area contributed by atoms with Crippen molar-refractivity contribution >= 4 is 0 Å². The summed E-state index contributed by atoms with van der Waals surface area (Å²) in [6, 6.07) is 8.81. The van der Waals surface area contributed by atoms with E-state index in [1.165, 1.54) is 62.8 Å². The Labute approximate surface area is 158 Å². The number of pyridine rings is 1. The van der Waals surface area contributed by atoms with Gasteiger partial charge in [-0.1, -0.05) is 31.7 Å². The quantitative estimate of drug-likeness (QED) is 0.573. The Kier molecular flexibility index (Phi) is 6.54. The van der Waals surface area contributed by atoms with Crippen molar-refractivity contribution in [2.45, 2.75) is 88.6 Å². The maximum Gasteiger partial charge on any atom is 0.0545 e. The molecule has 5 heteroatoms. The third-order valence-electron chi connectivity index (χ3n) is 6.43. The molecular formula is C21H35N5. The van der Waals surface area contributed by atoms with Gasteiger partial charge in [0.05, 0.1) is 11.4 Å². The third kappa shape index (κ3) is 4.83. The lowest BCUT2D eigenvalue weighted by Crippen LogP contribution is -2.53. The fourth-order valence-corrected chi connectivity index (χ4v) is 4.95. The van der Waals surface area contributed by atoms with Gasteiger partial charge in [-0.2, -0.15) is 0 Å². The minimum Gasteiger partial charge on any atom is -0.311 e. The standard InChI is InChI=1S/C21H35N5/c1-3-10-20-18(8-1)22-12-13-23-19-9-2-4-11-21(19)25-15-17-7-5-6-16(26-17)14-24-20/h5-7,18-25H,1-4,8-15H2/t18-,19-,20-,21+/m1/s1. The Morgan fingerprint density at radius 2 is 1.04 bits per heavy atom. The molecule has 0 saturated heterocycles. The van der Waals surface area contributed by atoms with Crippen LogP contribution in [0.4, 0.5) is 0 Å². The number of nitrogens with one attached hydrogen (secondary N) is 4. The number of aromatic nitrogens is 1. The van der Waals surface area contributed by atoms with Crippen molar-refractivity contribution < 1.29 is 0 Å². The van der Waals surface area contributed by atoms with Gasteiger partial charge in [-0.3, -0.25) is 4.98 Å². The highest BCUT2D eigenvalue weighted by molar-refractivity contribution is 5.12. The predicted octanol–water partition coefficient (Wildman–Crippen LogP) is 2.08. The Morgan fingerprint density at radius 3 is 1.50 bits per heavy atom. The van der Waals surface area contributed by atoms with Crippen LogP contribution < -0.4 is 21.3 Å². The number of nitrogens with zero attached hydrogens (tertiary/aromatic N) is 1. The summed E-state index contributed by atoms with van der Waals surface area (Å²) in [6.07, 6.45) is 10.5. The average molecular weight is 358 g/mol. The molecule has 1 aromatic heterocycles. The smallest absolute Gasteiger partial charge is 0.0545 e. The zero-order chi connectivity index (χ0) is 17.6. The highest BCUT2D eigenvalue weighted by Gasteiger charge is 2.26. The van der Waals surface area contributed by atoms with Crippen molar-refractivity contribution in [3.05, 3.63) is 29.6 Å². The van der Waals surface area contributed by atoms with Crippen LogP contribution >= 0.6 is 0 Å². The van der Waals surface area contributed by atoms with Gasteiger partial charge in [0.15, 0.2) is 0 Å². The van der Waals surface area contributed by atoms with Crippen molar-refractivity contribution in [3.8, 4) is 0 Å². The van der Waals surface area contributed by atoms with Crippen LogP contribution in [-0.4, -0.2) is 42.2 Å². The SMILES string of the molecule is c1cc2nc(c1)CN[C@@H]1CCCC[C@H]1NCCN[C@@H]1CCCC[C@@H]1NC2. The van der Waals surface area contributed by atoms with Crippen LogP contribution in [0, 0.1) is 0 Å². The summed E-state index contributed by atoms with van der Waals surface area (Å²) in [5.74, 6) is 0. The van der Waals surface area contributed by atoms with Gasteiger partial charge in [0.1, 0.15) is 0 Å². The van der Waals surface area contributed by atoms with Gasteiger partial charge in [0, 0.05) is 50.3 Å². The van der Waals surface area contributed by atoms with E-state index in [4.69, 9.17) is 4.98 Å². The third-order valence-corrected chi connectivity index (χ3v) is 6.43. The zero-order valence-electron chi connectivity index (χ0n) is 16.0. The molecule has 26 heavy (non-hydrogen) atoms. The second-order valence-corrected chi connectivity index (χ2v) is 8.29. The van der Waals surface area contributed by atoms with Crippen LogP contribution in [-0.2, 0) is 13.1 Å². The van der Waals surface area contributed by atoms with E-state index < -0.39 is 0 Å². The Hall–Kier alpha value is -1.01. The normalized spacial score (nSPS) is 34.0. The van der Waals surface area contributed by atoms with Crippen LogP contribution in [0.3, 0.4) is 0 Å². The summed E-state index contributed by atoms with van der Waals surface area (Å²) in [5.41, 5.74) is 2.34. The van der Waals surface area contributed by atoms with Crippen molar-refractivity contribution in [2.75, 3.05) is 13.1 Å². The van der Waals surface area contributed by atoms with E-state index >= 15 is 0 Å². The van der Waals surface area contributed by atoms with Crippen LogP contribution in [0.2, 0.25) is 0 Å². The topological polar surface area (TPSA) is 61.0 Å². The maximum absolute atomic E-state index is 4.89. The Morgan fingerprint density at radius 1 is 0.615 bits per heavy atom. The monoisotopic (exact) mass is 357 g/mol. The van der Waals surface area contributed by atoms with E-state index in [2.05, 4.69) is 39.5 Å². The highest BCUT2D eigenvalue weighted by Crippen LogP contribution is 2.20. The van der Waals surface area contributed by atoms with E-state index in [1.54, 1.807) is 0 Å². The van der Waals surface area contributed by atoms with Gasteiger partial charge >= 0.3 is 0 Å². The number of fused-ring (bicyclic) bond motifs is 4. The first-order valence-corrected chi connectivity index (χ1v) is 10.8. The fourth-order valence-electron chi connectivity index (χ4n) is 4.95. The van der Waals surface area contributed by atoms with E-state index in [0.29, 0.717) is 24.2 Å². The molecule has 5 nitrogen and oxygen atoms in total. The second kappa shape index (κ2) is 9.27. The van der Waals surface area contributed by atoms with Gasteiger partial charge in [0.2, 0.25) is 0 Å². The average Bonchev–Trinajstić information content (AvgIpc) is 2.69. The molecule has 0 aromatic carbocycles. The molecular weight excluding hydrogens is 322 g/mol. The first-order valence-electron chi connectivity index (χ1n) is 10.8. The highest BCUT2D eigenvalue weighted by atomic mass is 15.1. The number of rotatable bonds is 0. The molecule has 0 spiro atoms. The van der Waals surface area contributed by atoms with Gasteiger partial charge in [-0.15, -0.1) is 0 Å². The largest absolute Gasteiger partial charge is 0.311 e. The summed E-state index contributed by atoms with van der Waals surface area (Å²) in [7, 11) is 0. The molecule has 2 heterocycles. The first kappa shape index (κ1) is 18.4. The summed E-state index contributed by atoms with van der Waals surface area (Å²) in [6.45, 7) is 3.89.